The first-order valence-corrected chi connectivity index (χ1v) is 9.86. The van der Waals surface area contributed by atoms with Gasteiger partial charge in [0.2, 0.25) is 0 Å². The summed E-state index contributed by atoms with van der Waals surface area (Å²) >= 11 is 0. The highest BCUT2D eigenvalue weighted by Gasteiger charge is 2.36. The third kappa shape index (κ3) is 5.18. The van der Waals surface area contributed by atoms with Gasteiger partial charge in [-0.3, -0.25) is 9.69 Å². The number of halogens is 2. The van der Waals surface area contributed by atoms with E-state index >= 15 is 0 Å². The van der Waals surface area contributed by atoms with Crippen LogP contribution in [0.5, 0.6) is 5.75 Å². The Morgan fingerprint density at radius 1 is 1.25 bits per heavy atom. The number of benzene rings is 1. The number of rotatable bonds is 7. The number of hydrogen-bond donors (Lipinski definition) is 1. The minimum Gasteiger partial charge on any atom is -0.434 e. The number of carbonyl (C=O) groups excluding carboxylic acids is 1. The van der Waals surface area contributed by atoms with Crippen LogP contribution >= 0.6 is 0 Å². The van der Waals surface area contributed by atoms with Gasteiger partial charge in [-0.1, -0.05) is 12.1 Å². The maximum atomic E-state index is 13.0. The summed E-state index contributed by atoms with van der Waals surface area (Å²) in [5.41, 5.74) is 0.161. The zero-order valence-electron chi connectivity index (χ0n) is 15.9. The molecule has 156 valence electrons. The van der Waals surface area contributed by atoms with Crippen molar-refractivity contribution in [2.75, 3.05) is 46.0 Å². The molecule has 0 bridgehead atoms. The summed E-state index contributed by atoms with van der Waals surface area (Å²) in [6.07, 6.45) is 2.32. The lowest BCUT2D eigenvalue weighted by Gasteiger charge is -2.45. The molecule has 2 saturated heterocycles. The highest BCUT2D eigenvalue weighted by molar-refractivity contribution is 5.97. The molecule has 6 nitrogen and oxygen atoms in total. The van der Waals surface area contributed by atoms with Crippen LogP contribution in [0.1, 0.15) is 29.6 Å². The van der Waals surface area contributed by atoms with Crippen molar-refractivity contribution in [1.29, 1.82) is 0 Å². The predicted octanol–water partition coefficient (Wildman–Crippen LogP) is 2.22. The molecule has 1 N–H and O–H groups in total. The molecule has 2 heterocycles. The Morgan fingerprint density at radius 3 is 2.71 bits per heavy atom. The fraction of sp³-hybridized carbons (Fsp3) is 0.650. The molecular weight excluding hydrogens is 370 g/mol. The van der Waals surface area contributed by atoms with Crippen LogP contribution in [-0.2, 0) is 4.74 Å². The Morgan fingerprint density at radius 2 is 2.00 bits per heavy atom. The maximum absolute atomic E-state index is 13.0. The average molecular weight is 398 g/mol. The van der Waals surface area contributed by atoms with Gasteiger partial charge < -0.3 is 19.5 Å². The van der Waals surface area contributed by atoms with Gasteiger partial charge in [-0.15, -0.1) is 0 Å². The zero-order chi connectivity index (χ0) is 19.9. The number of aliphatic hydroxyl groups excluding tert-OH is 1. The molecule has 28 heavy (non-hydrogen) atoms. The molecule has 0 saturated carbocycles. The maximum Gasteiger partial charge on any atom is 0.387 e. The molecule has 2 aliphatic heterocycles. The second kappa shape index (κ2) is 10.1. The molecule has 8 heteroatoms. The van der Waals surface area contributed by atoms with Crippen LogP contribution in [0.4, 0.5) is 8.78 Å². The second-order valence-corrected chi connectivity index (χ2v) is 7.26. The van der Waals surface area contributed by atoms with Gasteiger partial charge in [0.25, 0.3) is 5.91 Å². The van der Waals surface area contributed by atoms with Crippen molar-refractivity contribution in [2.45, 2.75) is 31.9 Å². The first-order valence-electron chi connectivity index (χ1n) is 9.86. The molecule has 0 radical (unpaired) electrons. The fourth-order valence-corrected chi connectivity index (χ4v) is 4.24. The first-order chi connectivity index (χ1) is 13.6. The van der Waals surface area contributed by atoms with E-state index in [0.717, 1.165) is 25.9 Å². The van der Waals surface area contributed by atoms with Gasteiger partial charge in [0.15, 0.2) is 0 Å². The van der Waals surface area contributed by atoms with Crippen LogP contribution < -0.4 is 4.74 Å². The number of piperidine rings is 1. The summed E-state index contributed by atoms with van der Waals surface area (Å²) in [5.74, 6) is -0.151. The lowest BCUT2D eigenvalue weighted by atomic mass is 9.86. The molecule has 1 amide bonds. The highest BCUT2D eigenvalue weighted by atomic mass is 19.3. The number of alkyl halides is 2. The average Bonchev–Trinajstić information content (AvgIpc) is 2.72. The minimum atomic E-state index is -2.97. The monoisotopic (exact) mass is 398 g/mol. The van der Waals surface area contributed by atoms with Crippen molar-refractivity contribution in [3.05, 3.63) is 29.8 Å². The van der Waals surface area contributed by atoms with E-state index in [1.54, 1.807) is 17.0 Å². The number of nitrogens with zero attached hydrogens (tertiary/aromatic N) is 2. The van der Waals surface area contributed by atoms with E-state index in [9.17, 15) is 18.7 Å². The van der Waals surface area contributed by atoms with E-state index in [-0.39, 0.29) is 29.7 Å². The SMILES string of the molecule is O=C(c1ccccc1OC(F)F)N1CC[C@H](N2CCOCC2)[C@H](CCCO)C1. The molecule has 0 aliphatic carbocycles. The Balaban J connectivity index is 1.72. The lowest BCUT2D eigenvalue weighted by Crippen LogP contribution is -2.55. The Hall–Kier alpha value is -1.77. The quantitative estimate of drug-likeness (QED) is 0.763. The largest absolute Gasteiger partial charge is 0.434 e. The molecule has 1 aromatic rings. The Bertz CT molecular complexity index is 640. The van der Waals surface area contributed by atoms with E-state index in [4.69, 9.17) is 4.74 Å². The number of carbonyl (C=O) groups is 1. The van der Waals surface area contributed by atoms with Crippen molar-refractivity contribution in [1.82, 2.24) is 9.80 Å². The van der Waals surface area contributed by atoms with Gasteiger partial charge in [-0.2, -0.15) is 8.78 Å². The molecule has 0 aromatic heterocycles. The van der Waals surface area contributed by atoms with Crippen LogP contribution in [0.25, 0.3) is 0 Å². The van der Waals surface area contributed by atoms with Crippen LogP contribution in [0.15, 0.2) is 24.3 Å². The highest BCUT2D eigenvalue weighted by Crippen LogP contribution is 2.29. The number of ether oxygens (including phenoxy) is 2. The van der Waals surface area contributed by atoms with Crippen molar-refractivity contribution >= 4 is 5.91 Å². The zero-order valence-corrected chi connectivity index (χ0v) is 15.9. The number of morpholine rings is 1. The van der Waals surface area contributed by atoms with E-state index in [1.165, 1.54) is 12.1 Å². The standard InChI is InChI=1S/C20H28F2N2O4/c21-20(22)28-18-6-2-1-5-16(18)19(26)24-8-7-17(15(14-24)4-3-11-25)23-9-12-27-13-10-23/h1-2,5-6,15,17,20,25H,3-4,7-14H2/t15-,17+/m1/s1. The molecule has 2 atom stereocenters. The summed E-state index contributed by atoms with van der Waals surface area (Å²) in [4.78, 5) is 17.2. The van der Waals surface area contributed by atoms with E-state index < -0.39 is 6.61 Å². The number of likely N-dealkylation sites (tertiary alicyclic amines) is 1. The Kier molecular flexibility index (Phi) is 7.58. The minimum absolute atomic E-state index is 0.0929. The van der Waals surface area contributed by atoms with Crippen molar-refractivity contribution < 1.29 is 28.2 Å². The van der Waals surface area contributed by atoms with Gasteiger partial charge in [0, 0.05) is 38.8 Å². The van der Waals surface area contributed by atoms with E-state index in [0.29, 0.717) is 38.8 Å². The fourth-order valence-electron chi connectivity index (χ4n) is 4.24. The van der Waals surface area contributed by atoms with Crippen LogP contribution in [0.2, 0.25) is 0 Å². The molecule has 2 fully saturated rings. The topological polar surface area (TPSA) is 62.2 Å². The molecule has 0 unspecified atom stereocenters. The lowest BCUT2D eigenvalue weighted by molar-refractivity contribution is -0.0504. The molecule has 1 aromatic carbocycles. The summed E-state index contributed by atoms with van der Waals surface area (Å²) in [5, 5.41) is 9.27. The van der Waals surface area contributed by atoms with E-state index in [2.05, 4.69) is 9.64 Å². The first kappa shape index (κ1) is 21.0. The number of hydrogen-bond acceptors (Lipinski definition) is 5. The summed E-state index contributed by atoms with van der Waals surface area (Å²) in [7, 11) is 0. The van der Waals surface area contributed by atoms with Crippen molar-refractivity contribution in [3.8, 4) is 5.75 Å². The van der Waals surface area contributed by atoms with Crippen molar-refractivity contribution in [2.24, 2.45) is 5.92 Å². The Labute approximate surface area is 164 Å². The molecular formula is C20H28F2N2O4. The summed E-state index contributed by atoms with van der Waals surface area (Å²) in [6, 6.07) is 6.48. The molecule has 3 rings (SSSR count). The van der Waals surface area contributed by atoms with Gasteiger partial charge in [0.1, 0.15) is 5.75 Å². The number of amides is 1. The van der Waals surface area contributed by atoms with Crippen LogP contribution in [0, 0.1) is 5.92 Å². The summed E-state index contributed by atoms with van der Waals surface area (Å²) in [6.45, 7) is 1.43. The smallest absolute Gasteiger partial charge is 0.387 e. The third-order valence-electron chi connectivity index (χ3n) is 5.56. The van der Waals surface area contributed by atoms with Crippen molar-refractivity contribution in [3.63, 3.8) is 0 Å². The third-order valence-corrected chi connectivity index (χ3v) is 5.56. The number of para-hydroxylation sites is 1. The van der Waals surface area contributed by atoms with Crippen LogP contribution in [-0.4, -0.2) is 79.5 Å². The predicted molar refractivity (Wildman–Crippen MR) is 99.6 cm³/mol. The van der Waals surface area contributed by atoms with Gasteiger partial charge in [0.05, 0.1) is 18.8 Å². The number of aliphatic hydroxyl groups is 1. The molecule has 2 aliphatic rings. The van der Waals surface area contributed by atoms with Gasteiger partial charge in [-0.05, 0) is 37.3 Å². The second-order valence-electron chi connectivity index (χ2n) is 7.26. The van der Waals surface area contributed by atoms with Crippen LogP contribution in [0.3, 0.4) is 0 Å². The van der Waals surface area contributed by atoms with Gasteiger partial charge >= 0.3 is 6.61 Å². The normalized spacial score (nSPS) is 23.8. The summed E-state index contributed by atoms with van der Waals surface area (Å²) < 4.78 is 35.3. The van der Waals surface area contributed by atoms with Gasteiger partial charge in [-0.25, -0.2) is 0 Å². The molecule has 0 spiro atoms. The van der Waals surface area contributed by atoms with E-state index in [1.807, 2.05) is 0 Å².